The SMILES string of the molecule is Cc1nc(-c2ccc(CCNC(=O)c3ccc(CS(=O)(=O)c4ccccc4)cc3)s2)cs1. The van der Waals surface area contributed by atoms with Gasteiger partial charge in [0.15, 0.2) is 9.84 Å². The number of aryl methyl sites for hydroxylation is 1. The summed E-state index contributed by atoms with van der Waals surface area (Å²) < 4.78 is 25.0. The van der Waals surface area contributed by atoms with E-state index in [1.165, 1.54) is 4.88 Å². The molecule has 0 radical (unpaired) electrons. The van der Waals surface area contributed by atoms with Gasteiger partial charge in [-0.05, 0) is 55.3 Å². The van der Waals surface area contributed by atoms with Crippen molar-refractivity contribution in [2.45, 2.75) is 24.0 Å². The van der Waals surface area contributed by atoms with E-state index in [-0.39, 0.29) is 11.7 Å². The minimum Gasteiger partial charge on any atom is -0.352 e. The number of nitrogens with zero attached hydrogens (tertiary/aromatic N) is 1. The summed E-state index contributed by atoms with van der Waals surface area (Å²) in [4.78, 5) is 19.6. The summed E-state index contributed by atoms with van der Waals surface area (Å²) >= 11 is 3.32. The maximum absolute atomic E-state index is 12.5. The summed E-state index contributed by atoms with van der Waals surface area (Å²) in [6.45, 7) is 2.52. The number of aromatic nitrogens is 1. The molecule has 0 spiro atoms. The fourth-order valence-corrected chi connectivity index (χ4v) is 6.24. The number of benzene rings is 2. The predicted molar refractivity (Wildman–Crippen MR) is 130 cm³/mol. The van der Waals surface area contributed by atoms with E-state index in [1.54, 1.807) is 77.3 Å². The Kier molecular flexibility index (Phi) is 6.83. The highest BCUT2D eigenvalue weighted by Crippen LogP contribution is 2.29. The molecule has 164 valence electrons. The number of carbonyl (C=O) groups is 1. The van der Waals surface area contributed by atoms with Gasteiger partial charge in [0.1, 0.15) is 0 Å². The number of thiazole rings is 1. The third-order valence-electron chi connectivity index (χ3n) is 4.87. The van der Waals surface area contributed by atoms with E-state index in [0.717, 1.165) is 22.0 Å². The molecule has 4 aromatic rings. The van der Waals surface area contributed by atoms with Crippen molar-refractivity contribution in [3.05, 3.63) is 93.1 Å². The van der Waals surface area contributed by atoms with Crippen molar-refractivity contribution >= 4 is 38.4 Å². The summed E-state index contributed by atoms with van der Waals surface area (Å²) in [6, 6.07) is 19.2. The van der Waals surface area contributed by atoms with Gasteiger partial charge in [-0.1, -0.05) is 30.3 Å². The van der Waals surface area contributed by atoms with E-state index in [1.807, 2.05) is 6.92 Å². The lowest BCUT2D eigenvalue weighted by atomic mass is 10.1. The molecule has 8 heteroatoms. The fourth-order valence-electron chi connectivity index (χ4n) is 3.21. The van der Waals surface area contributed by atoms with Crippen LogP contribution in [-0.2, 0) is 22.0 Å². The molecule has 0 saturated carbocycles. The zero-order chi connectivity index (χ0) is 22.6. The van der Waals surface area contributed by atoms with Crippen LogP contribution in [0.5, 0.6) is 0 Å². The Morgan fingerprint density at radius 1 is 1.00 bits per heavy atom. The van der Waals surface area contributed by atoms with Crippen molar-refractivity contribution in [1.29, 1.82) is 0 Å². The number of sulfone groups is 1. The molecule has 2 aromatic heterocycles. The largest absolute Gasteiger partial charge is 0.352 e. The minimum absolute atomic E-state index is 0.0991. The van der Waals surface area contributed by atoms with E-state index in [0.29, 0.717) is 22.6 Å². The normalized spacial score (nSPS) is 11.4. The third kappa shape index (κ3) is 5.51. The highest BCUT2D eigenvalue weighted by atomic mass is 32.2. The van der Waals surface area contributed by atoms with Crippen molar-refractivity contribution in [1.82, 2.24) is 10.3 Å². The van der Waals surface area contributed by atoms with E-state index >= 15 is 0 Å². The quantitative estimate of drug-likeness (QED) is 0.378. The molecule has 0 atom stereocenters. The van der Waals surface area contributed by atoms with E-state index < -0.39 is 9.84 Å². The summed E-state index contributed by atoms with van der Waals surface area (Å²) in [5.74, 6) is -0.271. The number of rotatable bonds is 8. The number of amides is 1. The summed E-state index contributed by atoms with van der Waals surface area (Å²) in [5.41, 5.74) is 2.16. The van der Waals surface area contributed by atoms with Gasteiger partial charge in [-0.2, -0.15) is 0 Å². The Bertz CT molecular complexity index is 1310. The second kappa shape index (κ2) is 9.77. The number of carbonyl (C=O) groups excluding carboxylic acids is 1. The van der Waals surface area contributed by atoms with Gasteiger partial charge >= 0.3 is 0 Å². The Hall–Kier alpha value is -2.81. The lowest BCUT2D eigenvalue weighted by molar-refractivity contribution is 0.0954. The highest BCUT2D eigenvalue weighted by Gasteiger charge is 2.15. The fraction of sp³-hybridized carbons (Fsp3) is 0.167. The summed E-state index contributed by atoms with van der Waals surface area (Å²) in [7, 11) is -3.41. The van der Waals surface area contributed by atoms with E-state index in [4.69, 9.17) is 0 Å². The molecule has 4 rings (SSSR count). The lowest BCUT2D eigenvalue weighted by Gasteiger charge is -2.07. The summed E-state index contributed by atoms with van der Waals surface area (Å²) in [5, 5.41) is 6.03. The van der Waals surface area contributed by atoms with Crippen LogP contribution in [0.4, 0.5) is 0 Å². The molecule has 0 bridgehead atoms. The third-order valence-corrected chi connectivity index (χ3v) is 8.51. The van der Waals surface area contributed by atoms with E-state index in [9.17, 15) is 13.2 Å². The Morgan fingerprint density at radius 2 is 1.75 bits per heavy atom. The molecule has 1 N–H and O–H groups in total. The number of nitrogens with one attached hydrogen (secondary N) is 1. The van der Waals surface area contributed by atoms with Crippen LogP contribution < -0.4 is 5.32 Å². The van der Waals surface area contributed by atoms with Crippen LogP contribution in [0.15, 0.2) is 77.0 Å². The van der Waals surface area contributed by atoms with E-state index in [2.05, 4.69) is 27.8 Å². The summed E-state index contributed by atoms with van der Waals surface area (Å²) in [6.07, 6.45) is 0.743. The van der Waals surface area contributed by atoms with Crippen molar-refractivity contribution < 1.29 is 13.2 Å². The Balaban J connectivity index is 1.30. The molecule has 0 aliphatic heterocycles. The first kappa shape index (κ1) is 22.4. The lowest BCUT2D eigenvalue weighted by Crippen LogP contribution is -2.25. The standard InChI is InChI=1S/C24H22N2O3S3/c1-17-26-22(15-30-17)23-12-11-20(31-23)13-14-25-24(27)19-9-7-18(8-10-19)16-32(28,29)21-5-3-2-4-6-21/h2-12,15H,13-14,16H2,1H3,(H,25,27). The molecule has 0 unspecified atom stereocenters. The number of hydrogen-bond acceptors (Lipinski definition) is 6. The molecule has 5 nitrogen and oxygen atoms in total. The monoisotopic (exact) mass is 482 g/mol. The van der Waals surface area contributed by atoms with Crippen LogP contribution in [-0.4, -0.2) is 25.9 Å². The first-order valence-corrected chi connectivity index (χ1v) is 13.4. The van der Waals surface area contributed by atoms with Gasteiger partial charge in [-0.3, -0.25) is 4.79 Å². The zero-order valence-electron chi connectivity index (χ0n) is 17.4. The first-order valence-electron chi connectivity index (χ1n) is 10.1. The maximum atomic E-state index is 12.5. The first-order chi connectivity index (χ1) is 15.4. The topological polar surface area (TPSA) is 76.1 Å². The molecular formula is C24H22N2O3S3. The van der Waals surface area contributed by atoms with Crippen LogP contribution in [0.3, 0.4) is 0 Å². The van der Waals surface area contributed by atoms with Gasteiger partial charge in [-0.25, -0.2) is 13.4 Å². The Morgan fingerprint density at radius 3 is 2.44 bits per heavy atom. The predicted octanol–water partition coefficient (Wildman–Crippen LogP) is 5.13. The molecular weight excluding hydrogens is 460 g/mol. The molecule has 0 aliphatic carbocycles. The molecule has 2 aromatic carbocycles. The van der Waals surface area contributed by atoms with Gasteiger partial charge in [0.2, 0.25) is 0 Å². The average molecular weight is 483 g/mol. The smallest absolute Gasteiger partial charge is 0.251 e. The molecule has 0 fully saturated rings. The Labute approximate surface area is 195 Å². The van der Waals surface area contributed by atoms with Crippen molar-refractivity contribution in [3.63, 3.8) is 0 Å². The molecule has 32 heavy (non-hydrogen) atoms. The van der Waals surface area contributed by atoms with Gasteiger partial charge in [0.25, 0.3) is 5.91 Å². The highest BCUT2D eigenvalue weighted by molar-refractivity contribution is 7.90. The second-order valence-electron chi connectivity index (χ2n) is 7.29. The maximum Gasteiger partial charge on any atom is 0.251 e. The van der Waals surface area contributed by atoms with Crippen LogP contribution in [0.2, 0.25) is 0 Å². The number of thiophene rings is 1. The molecule has 0 saturated heterocycles. The average Bonchev–Trinajstić information content (AvgIpc) is 3.43. The van der Waals surface area contributed by atoms with Crippen LogP contribution >= 0.6 is 22.7 Å². The number of hydrogen-bond donors (Lipinski definition) is 1. The second-order valence-corrected chi connectivity index (χ2v) is 11.5. The van der Waals surface area contributed by atoms with Crippen molar-refractivity contribution in [3.8, 4) is 10.6 Å². The molecule has 2 heterocycles. The van der Waals surface area contributed by atoms with Gasteiger partial charge in [0, 0.05) is 22.4 Å². The minimum atomic E-state index is -3.41. The molecule has 1 amide bonds. The van der Waals surface area contributed by atoms with Gasteiger partial charge in [0.05, 0.1) is 26.2 Å². The van der Waals surface area contributed by atoms with Gasteiger partial charge < -0.3 is 5.32 Å². The van der Waals surface area contributed by atoms with Crippen molar-refractivity contribution in [2.75, 3.05) is 6.54 Å². The molecule has 0 aliphatic rings. The van der Waals surface area contributed by atoms with Crippen LogP contribution in [0.1, 0.15) is 25.8 Å². The van der Waals surface area contributed by atoms with Crippen molar-refractivity contribution in [2.24, 2.45) is 0 Å². The van der Waals surface area contributed by atoms with Crippen LogP contribution in [0.25, 0.3) is 10.6 Å². The van der Waals surface area contributed by atoms with Crippen LogP contribution in [0, 0.1) is 6.92 Å². The van der Waals surface area contributed by atoms with Gasteiger partial charge in [-0.15, -0.1) is 22.7 Å². The zero-order valence-corrected chi connectivity index (χ0v) is 19.9.